The maximum absolute atomic E-state index is 5.63. The highest BCUT2D eigenvalue weighted by Gasteiger charge is 2.29. The smallest absolute Gasteiger partial charge is 0.244 e. The van der Waals surface area contributed by atoms with Crippen LogP contribution in [0.4, 0.5) is 0 Å². The average molecular weight is 334 g/mol. The fourth-order valence-electron chi connectivity index (χ4n) is 3.49. The summed E-state index contributed by atoms with van der Waals surface area (Å²) in [4.78, 5) is 11.2. The molecule has 128 valence electrons. The third-order valence-corrected chi connectivity index (χ3v) is 4.75. The first kappa shape index (κ1) is 16.0. The summed E-state index contributed by atoms with van der Waals surface area (Å²) in [6.45, 7) is 4.11. The van der Waals surface area contributed by atoms with E-state index in [1.54, 1.807) is 12.4 Å². The molecule has 1 atom stereocenters. The van der Waals surface area contributed by atoms with Gasteiger partial charge >= 0.3 is 0 Å². The molecule has 5 nitrogen and oxygen atoms in total. The molecule has 3 heterocycles. The number of nitrogens with zero attached hydrogens (tertiary/aromatic N) is 4. The number of likely N-dealkylation sites (tertiary alicyclic amines) is 1. The van der Waals surface area contributed by atoms with Gasteiger partial charge in [0.15, 0.2) is 0 Å². The Morgan fingerprint density at radius 1 is 1.16 bits per heavy atom. The molecule has 1 aromatic carbocycles. The van der Waals surface area contributed by atoms with Gasteiger partial charge in [0.2, 0.25) is 11.7 Å². The third kappa shape index (κ3) is 3.61. The predicted octanol–water partition coefficient (Wildman–Crippen LogP) is 4.17. The quantitative estimate of drug-likeness (QED) is 0.717. The van der Waals surface area contributed by atoms with Crippen LogP contribution in [0, 0.1) is 6.92 Å². The number of hydrogen-bond donors (Lipinski definition) is 0. The largest absolute Gasteiger partial charge is 0.337 e. The van der Waals surface area contributed by atoms with E-state index in [4.69, 9.17) is 4.52 Å². The minimum atomic E-state index is 0.192. The van der Waals surface area contributed by atoms with Crippen LogP contribution in [0.25, 0.3) is 11.4 Å². The Balaban J connectivity index is 1.56. The number of pyridine rings is 1. The topological polar surface area (TPSA) is 55.1 Å². The lowest BCUT2D eigenvalue weighted by molar-refractivity contribution is 0.111. The van der Waals surface area contributed by atoms with Crippen molar-refractivity contribution in [1.29, 1.82) is 0 Å². The zero-order chi connectivity index (χ0) is 17.1. The standard InChI is InChI=1S/C20H22N4O/c1-15-5-4-6-16(13-15)14-24-12-3-2-7-18(24)20-22-19(23-25-20)17-8-10-21-11-9-17/h4-6,8-11,13,18H,2-3,7,12,14H2,1H3. The van der Waals surface area contributed by atoms with Gasteiger partial charge in [-0.3, -0.25) is 9.88 Å². The van der Waals surface area contributed by atoms with Crippen molar-refractivity contribution in [1.82, 2.24) is 20.0 Å². The van der Waals surface area contributed by atoms with Crippen molar-refractivity contribution in [3.63, 3.8) is 0 Å². The fraction of sp³-hybridized carbons (Fsp3) is 0.350. The Kier molecular flexibility index (Phi) is 4.57. The highest BCUT2D eigenvalue weighted by molar-refractivity contribution is 5.52. The van der Waals surface area contributed by atoms with Crippen molar-refractivity contribution in [2.75, 3.05) is 6.54 Å². The molecular weight excluding hydrogens is 312 g/mol. The summed E-state index contributed by atoms with van der Waals surface area (Å²) >= 11 is 0. The second kappa shape index (κ2) is 7.15. The molecule has 1 fully saturated rings. The minimum absolute atomic E-state index is 0.192. The molecular formula is C20H22N4O. The van der Waals surface area contributed by atoms with Crippen molar-refractivity contribution >= 4 is 0 Å². The molecule has 3 aromatic rings. The molecule has 0 saturated carbocycles. The fourth-order valence-corrected chi connectivity index (χ4v) is 3.49. The average Bonchev–Trinajstić information content (AvgIpc) is 3.13. The van der Waals surface area contributed by atoms with Crippen molar-refractivity contribution in [3.05, 3.63) is 65.8 Å². The molecule has 1 aliphatic heterocycles. The molecule has 1 aliphatic rings. The van der Waals surface area contributed by atoms with Crippen molar-refractivity contribution in [2.45, 2.75) is 38.8 Å². The molecule has 4 rings (SSSR count). The Morgan fingerprint density at radius 3 is 2.88 bits per heavy atom. The second-order valence-corrected chi connectivity index (χ2v) is 6.66. The zero-order valence-corrected chi connectivity index (χ0v) is 14.4. The Morgan fingerprint density at radius 2 is 2.04 bits per heavy atom. The van der Waals surface area contributed by atoms with E-state index in [1.807, 2.05) is 12.1 Å². The number of hydrogen-bond acceptors (Lipinski definition) is 5. The summed E-state index contributed by atoms with van der Waals surface area (Å²) < 4.78 is 5.63. The van der Waals surface area contributed by atoms with Crippen molar-refractivity contribution in [2.24, 2.45) is 0 Å². The van der Waals surface area contributed by atoms with Crippen LogP contribution in [-0.4, -0.2) is 26.6 Å². The minimum Gasteiger partial charge on any atom is -0.337 e. The van der Waals surface area contributed by atoms with Gasteiger partial charge < -0.3 is 4.52 Å². The molecule has 1 saturated heterocycles. The monoisotopic (exact) mass is 334 g/mol. The van der Waals surface area contributed by atoms with E-state index in [9.17, 15) is 0 Å². The van der Waals surface area contributed by atoms with Gasteiger partial charge in [-0.2, -0.15) is 4.98 Å². The molecule has 25 heavy (non-hydrogen) atoms. The molecule has 2 aromatic heterocycles. The van der Waals surface area contributed by atoms with E-state index >= 15 is 0 Å². The lowest BCUT2D eigenvalue weighted by Crippen LogP contribution is -2.33. The van der Waals surface area contributed by atoms with E-state index in [0.29, 0.717) is 5.82 Å². The summed E-state index contributed by atoms with van der Waals surface area (Å²) in [5, 5.41) is 4.18. The van der Waals surface area contributed by atoms with Gasteiger partial charge in [0.05, 0.1) is 6.04 Å². The van der Waals surface area contributed by atoms with Crippen LogP contribution in [0.3, 0.4) is 0 Å². The Labute approximate surface area is 147 Å². The molecule has 0 spiro atoms. The van der Waals surface area contributed by atoms with E-state index in [2.05, 4.69) is 51.2 Å². The maximum atomic E-state index is 5.63. The Bertz CT molecular complexity index is 830. The molecule has 1 unspecified atom stereocenters. The highest BCUT2D eigenvalue weighted by atomic mass is 16.5. The SMILES string of the molecule is Cc1cccc(CN2CCCCC2c2nc(-c3ccncc3)no2)c1. The van der Waals surface area contributed by atoms with Crippen LogP contribution in [0.1, 0.15) is 42.3 Å². The zero-order valence-electron chi connectivity index (χ0n) is 14.4. The van der Waals surface area contributed by atoms with Crippen LogP contribution < -0.4 is 0 Å². The van der Waals surface area contributed by atoms with Gasteiger partial charge in [0.25, 0.3) is 0 Å². The summed E-state index contributed by atoms with van der Waals surface area (Å²) in [6, 6.07) is 12.7. The summed E-state index contributed by atoms with van der Waals surface area (Å²) in [5.74, 6) is 1.36. The number of aromatic nitrogens is 3. The van der Waals surface area contributed by atoms with E-state index < -0.39 is 0 Å². The molecule has 0 N–H and O–H groups in total. The third-order valence-electron chi connectivity index (χ3n) is 4.75. The summed E-state index contributed by atoms with van der Waals surface area (Å²) in [6.07, 6.45) is 6.96. The normalized spacial score (nSPS) is 18.4. The van der Waals surface area contributed by atoms with Gasteiger partial charge in [-0.1, -0.05) is 41.4 Å². The predicted molar refractivity (Wildman–Crippen MR) is 95.7 cm³/mol. The van der Waals surface area contributed by atoms with Crippen molar-refractivity contribution in [3.8, 4) is 11.4 Å². The lowest BCUT2D eigenvalue weighted by Gasteiger charge is -2.33. The van der Waals surface area contributed by atoms with Gasteiger partial charge in [0.1, 0.15) is 0 Å². The number of aryl methyl sites for hydroxylation is 1. The first-order chi connectivity index (χ1) is 12.3. The first-order valence-corrected chi connectivity index (χ1v) is 8.83. The second-order valence-electron chi connectivity index (χ2n) is 6.66. The van der Waals surface area contributed by atoms with Gasteiger partial charge in [-0.15, -0.1) is 0 Å². The number of piperidine rings is 1. The molecule has 5 heteroatoms. The van der Waals surface area contributed by atoms with Gasteiger partial charge in [-0.05, 0) is 44.0 Å². The van der Waals surface area contributed by atoms with Gasteiger partial charge in [-0.25, -0.2) is 0 Å². The summed E-state index contributed by atoms with van der Waals surface area (Å²) in [5.41, 5.74) is 3.57. The molecule has 0 radical (unpaired) electrons. The Hall–Kier alpha value is -2.53. The van der Waals surface area contributed by atoms with Crippen LogP contribution in [0.2, 0.25) is 0 Å². The number of benzene rings is 1. The van der Waals surface area contributed by atoms with Crippen LogP contribution in [-0.2, 0) is 6.54 Å². The molecule has 0 amide bonds. The number of rotatable bonds is 4. The highest BCUT2D eigenvalue weighted by Crippen LogP contribution is 2.32. The molecule has 0 bridgehead atoms. The van der Waals surface area contributed by atoms with E-state index in [0.717, 1.165) is 31.0 Å². The van der Waals surface area contributed by atoms with Crippen LogP contribution in [0.15, 0.2) is 53.3 Å². The molecule has 0 aliphatic carbocycles. The first-order valence-electron chi connectivity index (χ1n) is 8.83. The summed E-state index contributed by atoms with van der Waals surface area (Å²) in [7, 11) is 0. The van der Waals surface area contributed by atoms with Gasteiger partial charge in [0, 0.05) is 24.5 Å². The van der Waals surface area contributed by atoms with E-state index in [1.165, 1.54) is 24.0 Å². The van der Waals surface area contributed by atoms with E-state index in [-0.39, 0.29) is 6.04 Å². The van der Waals surface area contributed by atoms with Crippen molar-refractivity contribution < 1.29 is 4.52 Å². The van der Waals surface area contributed by atoms with Crippen LogP contribution in [0.5, 0.6) is 0 Å². The van der Waals surface area contributed by atoms with Crippen LogP contribution >= 0.6 is 0 Å². The maximum Gasteiger partial charge on any atom is 0.244 e. The lowest BCUT2D eigenvalue weighted by atomic mass is 10.0.